The summed E-state index contributed by atoms with van der Waals surface area (Å²) in [6.45, 7) is 4.08. The molecule has 21 heavy (non-hydrogen) atoms. The van der Waals surface area contributed by atoms with Gasteiger partial charge in [-0.2, -0.15) is 5.10 Å². The van der Waals surface area contributed by atoms with E-state index in [1.54, 1.807) is 0 Å². The summed E-state index contributed by atoms with van der Waals surface area (Å²) >= 11 is 0. The minimum atomic E-state index is 0.516. The maximum atomic E-state index is 6.01. The van der Waals surface area contributed by atoms with E-state index in [-0.39, 0.29) is 0 Å². The van der Waals surface area contributed by atoms with E-state index >= 15 is 0 Å². The lowest BCUT2D eigenvalue weighted by atomic mass is 9.94. The maximum Gasteiger partial charge on any atom is 0.0557 e. The second-order valence-corrected chi connectivity index (χ2v) is 7.22. The average Bonchev–Trinajstić information content (AvgIpc) is 3.00. The summed E-state index contributed by atoms with van der Waals surface area (Å²) in [5.74, 6) is 1.37. The summed E-state index contributed by atoms with van der Waals surface area (Å²) in [5.41, 5.74) is 2.84. The zero-order chi connectivity index (χ0) is 14.2. The minimum Gasteiger partial charge on any atom is -0.380 e. The van der Waals surface area contributed by atoms with Crippen molar-refractivity contribution >= 4 is 0 Å². The van der Waals surface area contributed by atoms with E-state index in [0.717, 1.165) is 38.3 Å². The fourth-order valence-corrected chi connectivity index (χ4v) is 4.00. The van der Waals surface area contributed by atoms with Crippen molar-refractivity contribution in [2.24, 2.45) is 13.0 Å². The first-order valence-electron chi connectivity index (χ1n) is 8.64. The lowest BCUT2D eigenvalue weighted by molar-refractivity contribution is 0.0785. The second-order valence-electron chi connectivity index (χ2n) is 7.22. The summed E-state index contributed by atoms with van der Waals surface area (Å²) in [6.07, 6.45) is 10.4. The molecular formula is C17H27N3O. The Morgan fingerprint density at radius 1 is 1.19 bits per heavy atom. The number of fused-ring (bicyclic) bond motifs is 1. The molecule has 2 fully saturated rings. The Labute approximate surface area is 127 Å². The molecule has 1 atom stereocenters. The van der Waals surface area contributed by atoms with Gasteiger partial charge in [-0.15, -0.1) is 0 Å². The molecule has 1 aromatic rings. The van der Waals surface area contributed by atoms with Crippen LogP contribution in [0.3, 0.4) is 0 Å². The Kier molecular flexibility index (Phi) is 3.76. The zero-order valence-corrected chi connectivity index (χ0v) is 13.1. The predicted octanol–water partition coefficient (Wildman–Crippen LogP) is 2.69. The highest BCUT2D eigenvalue weighted by Gasteiger charge is 2.33. The number of hydrogen-bond donors (Lipinski definition) is 0. The minimum absolute atomic E-state index is 0.516. The summed E-state index contributed by atoms with van der Waals surface area (Å²) in [4.78, 5) is 2.70. The molecule has 116 valence electrons. The van der Waals surface area contributed by atoms with E-state index < -0.39 is 0 Å². The third-order valence-corrected chi connectivity index (χ3v) is 5.55. The number of aryl methyl sites for hydroxylation is 1. The molecule has 2 aliphatic carbocycles. The van der Waals surface area contributed by atoms with Crippen molar-refractivity contribution in [3.8, 4) is 0 Å². The van der Waals surface area contributed by atoms with Gasteiger partial charge in [0, 0.05) is 44.3 Å². The molecule has 0 spiro atoms. The van der Waals surface area contributed by atoms with Crippen LogP contribution in [0.2, 0.25) is 0 Å². The van der Waals surface area contributed by atoms with Crippen molar-refractivity contribution < 1.29 is 4.74 Å². The number of hydrogen-bond acceptors (Lipinski definition) is 3. The average molecular weight is 289 g/mol. The van der Waals surface area contributed by atoms with Gasteiger partial charge in [-0.05, 0) is 31.6 Å². The SMILES string of the molecule is Cn1ncc2c1CN(C1CCCC1)C[C@H]2COCC1CC1. The first-order chi connectivity index (χ1) is 10.3. The highest BCUT2D eigenvalue weighted by atomic mass is 16.5. The van der Waals surface area contributed by atoms with E-state index in [1.165, 1.54) is 49.8 Å². The third-order valence-electron chi connectivity index (χ3n) is 5.55. The van der Waals surface area contributed by atoms with Crippen molar-refractivity contribution in [3.05, 3.63) is 17.5 Å². The molecule has 4 rings (SSSR count). The van der Waals surface area contributed by atoms with Gasteiger partial charge in [0.15, 0.2) is 0 Å². The van der Waals surface area contributed by atoms with Gasteiger partial charge in [-0.25, -0.2) is 0 Å². The molecule has 0 amide bonds. The molecule has 1 aliphatic heterocycles. The van der Waals surface area contributed by atoms with Gasteiger partial charge in [-0.1, -0.05) is 12.8 Å². The normalized spacial score (nSPS) is 27.2. The Hall–Kier alpha value is -0.870. The largest absolute Gasteiger partial charge is 0.380 e. The topological polar surface area (TPSA) is 30.3 Å². The maximum absolute atomic E-state index is 6.01. The quantitative estimate of drug-likeness (QED) is 0.835. The van der Waals surface area contributed by atoms with E-state index in [0.29, 0.717) is 5.92 Å². The highest BCUT2D eigenvalue weighted by Crippen LogP contribution is 2.34. The standard InChI is InChI=1S/C17H27N3O/c1-19-17-10-20(15-4-2-3-5-15)9-14(16(17)8-18-19)12-21-11-13-6-7-13/h8,13-15H,2-7,9-12H2,1H3/t14-/m0/s1. The summed E-state index contributed by atoms with van der Waals surface area (Å²) in [6, 6.07) is 0.791. The van der Waals surface area contributed by atoms with Crippen LogP contribution in [0.4, 0.5) is 0 Å². The van der Waals surface area contributed by atoms with Crippen LogP contribution in [0, 0.1) is 5.92 Å². The van der Waals surface area contributed by atoms with Gasteiger partial charge in [-0.3, -0.25) is 9.58 Å². The van der Waals surface area contributed by atoms with Crippen molar-refractivity contribution in [1.29, 1.82) is 0 Å². The number of ether oxygens (including phenoxy) is 1. The zero-order valence-electron chi connectivity index (χ0n) is 13.1. The molecular weight excluding hydrogens is 262 g/mol. The van der Waals surface area contributed by atoms with E-state index in [2.05, 4.69) is 27.9 Å². The summed E-state index contributed by atoms with van der Waals surface area (Å²) < 4.78 is 8.08. The van der Waals surface area contributed by atoms with Gasteiger partial charge in [0.1, 0.15) is 0 Å². The number of rotatable bonds is 5. The van der Waals surface area contributed by atoms with Crippen LogP contribution in [0.5, 0.6) is 0 Å². The van der Waals surface area contributed by atoms with Gasteiger partial charge in [0.2, 0.25) is 0 Å². The molecule has 4 heteroatoms. The number of aromatic nitrogens is 2. The van der Waals surface area contributed by atoms with Gasteiger partial charge in [0.05, 0.1) is 18.5 Å². The van der Waals surface area contributed by atoms with Crippen molar-refractivity contribution in [2.75, 3.05) is 19.8 Å². The van der Waals surface area contributed by atoms with Crippen molar-refractivity contribution in [2.45, 2.75) is 57.0 Å². The van der Waals surface area contributed by atoms with Crippen LogP contribution < -0.4 is 0 Å². The van der Waals surface area contributed by atoms with Gasteiger partial charge >= 0.3 is 0 Å². The fraction of sp³-hybridized carbons (Fsp3) is 0.824. The second kappa shape index (κ2) is 5.73. The lowest BCUT2D eigenvalue weighted by Gasteiger charge is -2.36. The summed E-state index contributed by atoms with van der Waals surface area (Å²) in [5, 5.41) is 4.50. The molecule has 0 unspecified atom stereocenters. The molecule has 0 saturated heterocycles. The molecule has 0 radical (unpaired) electrons. The molecule has 0 aromatic carbocycles. The molecule has 0 bridgehead atoms. The van der Waals surface area contributed by atoms with E-state index in [1.807, 2.05) is 0 Å². The van der Waals surface area contributed by atoms with Crippen LogP contribution in [0.1, 0.15) is 55.7 Å². The lowest BCUT2D eigenvalue weighted by Crippen LogP contribution is -2.41. The molecule has 1 aromatic heterocycles. The van der Waals surface area contributed by atoms with Crippen molar-refractivity contribution in [1.82, 2.24) is 14.7 Å². The molecule has 3 aliphatic rings. The fourth-order valence-electron chi connectivity index (χ4n) is 4.00. The monoisotopic (exact) mass is 289 g/mol. The summed E-state index contributed by atoms with van der Waals surface area (Å²) in [7, 11) is 2.08. The predicted molar refractivity (Wildman–Crippen MR) is 82.2 cm³/mol. The van der Waals surface area contributed by atoms with Crippen LogP contribution in [-0.2, 0) is 18.3 Å². The Morgan fingerprint density at radius 2 is 2.00 bits per heavy atom. The van der Waals surface area contributed by atoms with E-state index in [4.69, 9.17) is 4.74 Å². The molecule has 0 N–H and O–H groups in total. The van der Waals surface area contributed by atoms with Gasteiger partial charge in [0.25, 0.3) is 0 Å². The van der Waals surface area contributed by atoms with Crippen LogP contribution in [-0.4, -0.2) is 40.5 Å². The third kappa shape index (κ3) is 2.88. The van der Waals surface area contributed by atoms with Crippen LogP contribution >= 0.6 is 0 Å². The van der Waals surface area contributed by atoms with E-state index in [9.17, 15) is 0 Å². The Bertz CT molecular complexity index is 488. The molecule has 2 heterocycles. The Balaban J connectivity index is 1.47. The van der Waals surface area contributed by atoms with Crippen LogP contribution in [0.15, 0.2) is 6.20 Å². The van der Waals surface area contributed by atoms with Crippen molar-refractivity contribution in [3.63, 3.8) is 0 Å². The molecule has 4 nitrogen and oxygen atoms in total. The van der Waals surface area contributed by atoms with Crippen LogP contribution in [0.25, 0.3) is 0 Å². The highest BCUT2D eigenvalue weighted by molar-refractivity contribution is 5.26. The molecule has 2 saturated carbocycles. The smallest absolute Gasteiger partial charge is 0.0557 e. The first-order valence-corrected chi connectivity index (χ1v) is 8.64. The Morgan fingerprint density at radius 3 is 2.76 bits per heavy atom. The number of nitrogens with zero attached hydrogens (tertiary/aromatic N) is 3. The van der Waals surface area contributed by atoms with Gasteiger partial charge < -0.3 is 4.74 Å². The first kappa shape index (κ1) is 13.8.